The van der Waals surface area contributed by atoms with Crippen LogP contribution in [0.15, 0.2) is 83.8 Å². The van der Waals surface area contributed by atoms with Gasteiger partial charge in [0.25, 0.3) is 10.0 Å². The van der Waals surface area contributed by atoms with Gasteiger partial charge in [0.15, 0.2) is 0 Å². The van der Waals surface area contributed by atoms with Gasteiger partial charge in [-0.15, -0.1) is 0 Å². The highest BCUT2D eigenvalue weighted by Gasteiger charge is 2.33. The minimum atomic E-state index is -4.32. The number of para-hydroxylation sites is 1. The summed E-state index contributed by atoms with van der Waals surface area (Å²) in [6.45, 7) is 3.36. The first-order chi connectivity index (χ1) is 18.7. The fraction of sp³-hybridized carbons (Fsp3) is 0.310. The number of benzene rings is 3. The van der Waals surface area contributed by atoms with Gasteiger partial charge in [-0.2, -0.15) is 0 Å². The second-order valence-electron chi connectivity index (χ2n) is 8.97. The van der Waals surface area contributed by atoms with E-state index < -0.39 is 34.3 Å². The van der Waals surface area contributed by atoms with Gasteiger partial charge in [0.05, 0.1) is 17.7 Å². The fourth-order valence-corrected chi connectivity index (χ4v) is 5.38. The molecule has 0 saturated heterocycles. The summed E-state index contributed by atoms with van der Waals surface area (Å²) >= 11 is 0. The Morgan fingerprint density at radius 3 is 2.23 bits per heavy atom. The molecule has 208 valence electrons. The Kier molecular flexibility index (Phi) is 10.4. The quantitative estimate of drug-likeness (QED) is 0.316. The van der Waals surface area contributed by atoms with Gasteiger partial charge in [-0.1, -0.05) is 55.8 Å². The summed E-state index contributed by atoms with van der Waals surface area (Å²) in [6, 6.07) is 19.0. The molecule has 3 aromatic carbocycles. The monoisotopic (exact) mass is 555 g/mol. The molecule has 0 unspecified atom stereocenters. The highest BCUT2D eigenvalue weighted by molar-refractivity contribution is 7.92. The predicted molar refractivity (Wildman–Crippen MR) is 148 cm³/mol. The molecular formula is C29H34FN3O5S. The van der Waals surface area contributed by atoms with Crippen LogP contribution in [-0.2, 0) is 26.2 Å². The first-order valence-electron chi connectivity index (χ1n) is 12.7. The maximum Gasteiger partial charge on any atom is 0.264 e. The van der Waals surface area contributed by atoms with Crippen LogP contribution in [-0.4, -0.2) is 51.4 Å². The first kappa shape index (κ1) is 29.6. The normalized spacial score (nSPS) is 11.9. The number of ether oxygens (including phenoxy) is 1. The molecule has 3 rings (SSSR count). The average molecular weight is 556 g/mol. The predicted octanol–water partition coefficient (Wildman–Crippen LogP) is 4.36. The number of amides is 2. The topological polar surface area (TPSA) is 96.0 Å². The molecule has 0 aromatic heterocycles. The highest BCUT2D eigenvalue weighted by Crippen LogP contribution is 2.27. The summed E-state index contributed by atoms with van der Waals surface area (Å²) in [7, 11) is -2.78. The summed E-state index contributed by atoms with van der Waals surface area (Å²) in [5.41, 5.74) is 0.444. The molecule has 0 aliphatic heterocycles. The van der Waals surface area contributed by atoms with E-state index >= 15 is 0 Å². The Labute approximate surface area is 229 Å². The average Bonchev–Trinajstić information content (AvgIpc) is 2.95. The van der Waals surface area contributed by atoms with E-state index in [4.69, 9.17) is 4.74 Å². The van der Waals surface area contributed by atoms with Crippen molar-refractivity contribution in [2.45, 2.75) is 44.2 Å². The van der Waals surface area contributed by atoms with Gasteiger partial charge in [-0.25, -0.2) is 12.8 Å². The smallest absolute Gasteiger partial charge is 0.264 e. The van der Waals surface area contributed by atoms with E-state index in [9.17, 15) is 22.4 Å². The van der Waals surface area contributed by atoms with Crippen molar-refractivity contribution in [3.63, 3.8) is 0 Å². The Morgan fingerprint density at radius 1 is 0.974 bits per heavy atom. The summed E-state index contributed by atoms with van der Waals surface area (Å²) in [6.07, 6.45) is 1.67. The Morgan fingerprint density at radius 2 is 1.62 bits per heavy atom. The van der Waals surface area contributed by atoms with Crippen molar-refractivity contribution in [3.05, 3.63) is 90.2 Å². The first-order valence-corrected chi connectivity index (χ1v) is 14.2. The number of nitrogens with zero attached hydrogens (tertiary/aromatic N) is 2. The third kappa shape index (κ3) is 7.57. The van der Waals surface area contributed by atoms with E-state index in [-0.39, 0.29) is 23.0 Å². The van der Waals surface area contributed by atoms with Crippen molar-refractivity contribution in [3.8, 4) is 5.75 Å². The molecule has 3 aromatic rings. The van der Waals surface area contributed by atoms with Crippen molar-refractivity contribution >= 4 is 27.5 Å². The molecule has 0 fully saturated rings. The van der Waals surface area contributed by atoms with Gasteiger partial charge in [0.1, 0.15) is 24.2 Å². The Balaban J connectivity index is 1.99. The maximum atomic E-state index is 14.9. The SMILES string of the molecule is CCCCNC(=O)[C@H](C)N(Cc1ccc(OC)cc1)C(=O)CN(c1ccccc1F)S(=O)(=O)c1ccccc1. The molecule has 0 saturated carbocycles. The molecule has 0 spiro atoms. The van der Waals surface area contributed by atoms with Crippen LogP contribution in [0.4, 0.5) is 10.1 Å². The van der Waals surface area contributed by atoms with Crippen LogP contribution < -0.4 is 14.4 Å². The minimum Gasteiger partial charge on any atom is -0.497 e. The lowest BCUT2D eigenvalue weighted by molar-refractivity contribution is -0.139. The molecule has 8 nitrogen and oxygen atoms in total. The molecule has 1 atom stereocenters. The lowest BCUT2D eigenvalue weighted by atomic mass is 10.1. The number of carbonyl (C=O) groups is 2. The zero-order valence-corrected chi connectivity index (χ0v) is 23.2. The van der Waals surface area contributed by atoms with Crippen LogP contribution in [0.2, 0.25) is 0 Å². The molecule has 2 amide bonds. The Bertz CT molecular complexity index is 1350. The van der Waals surface area contributed by atoms with Gasteiger partial charge >= 0.3 is 0 Å². The number of anilines is 1. The Hall–Kier alpha value is -3.92. The van der Waals surface area contributed by atoms with Crippen LogP contribution in [0.5, 0.6) is 5.75 Å². The summed E-state index contributed by atoms with van der Waals surface area (Å²) < 4.78 is 48.2. The molecule has 0 radical (unpaired) electrons. The standard InChI is InChI=1S/C29H34FN3O5S/c1-4-5-19-31-29(35)22(2)32(20-23-15-17-24(38-3)18-16-23)28(34)21-33(27-14-10-9-13-26(27)30)39(36,37)25-11-7-6-8-12-25/h6-18,22H,4-5,19-21H2,1-3H3,(H,31,35)/t22-/m0/s1. The van der Waals surface area contributed by atoms with Crippen molar-refractivity contribution in [1.29, 1.82) is 0 Å². The summed E-state index contributed by atoms with van der Waals surface area (Å²) in [5, 5.41) is 2.83. The lowest BCUT2D eigenvalue weighted by Crippen LogP contribution is -2.51. The van der Waals surface area contributed by atoms with E-state index in [1.807, 2.05) is 6.92 Å². The number of unbranched alkanes of at least 4 members (excludes halogenated alkanes) is 1. The number of halogens is 1. The van der Waals surface area contributed by atoms with Gasteiger partial charge in [-0.3, -0.25) is 13.9 Å². The van der Waals surface area contributed by atoms with Gasteiger partial charge < -0.3 is 15.0 Å². The number of sulfonamides is 1. The number of rotatable bonds is 13. The van der Waals surface area contributed by atoms with E-state index in [1.165, 1.54) is 42.3 Å². The van der Waals surface area contributed by atoms with Crippen molar-refractivity contribution in [2.75, 3.05) is 24.5 Å². The van der Waals surface area contributed by atoms with E-state index in [0.29, 0.717) is 17.9 Å². The third-order valence-corrected chi connectivity index (χ3v) is 8.01. The van der Waals surface area contributed by atoms with Crippen LogP contribution in [0.3, 0.4) is 0 Å². The van der Waals surface area contributed by atoms with E-state index in [1.54, 1.807) is 49.4 Å². The molecule has 1 N–H and O–H groups in total. The largest absolute Gasteiger partial charge is 0.497 e. The van der Waals surface area contributed by atoms with Crippen LogP contribution in [0, 0.1) is 5.82 Å². The van der Waals surface area contributed by atoms with Gasteiger partial charge in [0, 0.05) is 13.1 Å². The zero-order chi connectivity index (χ0) is 28.4. The second kappa shape index (κ2) is 13.7. The molecule has 10 heteroatoms. The number of hydrogen-bond acceptors (Lipinski definition) is 5. The van der Waals surface area contributed by atoms with Crippen molar-refractivity contribution < 1.29 is 27.1 Å². The number of carbonyl (C=O) groups excluding carboxylic acids is 2. The van der Waals surface area contributed by atoms with Crippen molar-refractivity contribution in [2.24, 2.45) is 0 Å². The fourth-order valence-electron chi connectivity index (χ4n) is 3.93. The number of hydrogen-bond donors (Lipinski definition) is 1. The number of methoxy groups -OCH3 is 1. The van der Waals surface area contributed by atoms with E-state index in [0.717, 1.165) is 23.2 Å². The summed E-state index contributed by atoms with van der Waals surface area (Å²) in [5.74, 6) is -1.20. The molecule has 0 bridgehead atoms. The number of nitrogens with one attached hydrogen (secondary N) is 1. The minimum absolute atomic E-state index is 0.0295. The molecule has 0 heterocycles. The van der Waals surface area contributed by atoms with Crippen LogP contribution in [0.25, 0.3) is 0 Å². The maximum absolute atomic E-state index is 14.9. The lowest BCUT2D eigenvalue weighted by Gasteiger charge is -2.32. The van der Waals surface area contributed by atoms with Crippen LogP contribution in [0.1, 0.15) is 32.3 Å². The summed E-state index contributed by atoms with van der Waals surface area (Å²) in [4.78, 5) is 28.0. The van der Waals surface area contributed by atoms with E-state index in [2.05, 4.69) is 5.32 Å². The molecule has 39 heavy (non-hydrogen) atoms. The highest BCUT2D eigenvalue weighted by atomic mass is 32.2. The van der Waals surface area contributed by atoms with Gasteiger partial charge in [-0.05, 0) is 55.3 Å². The molecular weight excluding hydrogens is 521 g/mol. The zero-order valence-electron chi connectivity index (χ0n) is 22.3. The molecule has 0 aliphatic carbocycles. The van der Waals surface area contributed by atoms with Gasteiger partial charge in [0.2, 0.25) is 11.8 Å². The van der Waals surface area contributed by atoms with Crippen LogP contribution >= 0.6 is 0 Å². The molecule has 0 aliphatic rings. The third-order valence-electron chi connectivity index (χ3n) is 6.24. The van der Waals surface area contributed by atoms with Crippen molar-refractivity contribution in [1.82, 2.24) is 10.2 Å². The second-order valence-corrected chi connectivity index (χ2v) is 10.8.